The Labute approximate surface area is 128 Å². The molecule has 0 saturated heterocycles. The molecule has 0 aliphatic heterocycles. The molecule has 0 aliphatic rings. The van der Waals surface area contributed by atoms with Crippen LogP contribution in [0.4, 0.5) is 0 Å². The van der Waals surface area contributed by atoms with E-state index in [0.29, 0.717) is 6.04 Å². The molecule has 0 spiro atoms. The zero-order valence-corrected chi connectivity index (χ0v) is 13.5. The van der Waals surface area contributed by atoms with Crippen molar-refractivity contribution >= 4 is 0 Å². The van der Waals surface area contributed by atoms with Gasteiger partial charge in [0, 0.05) is 18.8 Å². The molecule has 3 nitrogen and oxygen atoms in total. The van der Waals surface area contributed by atoms with Crippen molar-refractivity contribution in [1.29, 1.82) is 0 Å². The Bertz CT molecular complexity index is 528. The Balaban J connectivity index is 1.90. The zero-order chi connectivity index (χ0) is 15.1. The normalized spacial score (nSPS) is 12.5. The van der Waals surface area contributed by atoms with Gasteiger partial charge in [-0.15, -0.1) is 0 Å². The minimum atomic E-state index is 0.519. The van der Waals surface area contributed by atoms with Crippen molar-refractivity contribution < 1.29 is 0 Å². The lowest BCUT2D eigenvalue weighted by atomic mass is 10.00. The highest BCUT2D eigenvalue weighted by Crippen LogP contribution is 2.11. The lowest BCUT2D eigenvalue weighted by Crippen LogP contribution is -2.31. The molecule has 1 unspecified atom stereocenters. The SMILES string of the molecule is CCNC(CCc1ccc(C)cc1)Cc1cnn(CC)c1. The number of nitrogens with zero attached hydrogens (tertiary/aromatic N) is 2. The van der Waals surface area contributed by atoms with Gasteiger partial charge in [-0.1, -0.05) is 36.8 Å². The maximum Gasteiger partial charge on any atom is 0.0522 e. The van der Waals surface area contributed by atoms with Gasteiger partial charge in [-0.3, -0.25) is 4.68 Å². The van der Waals surface area contributed by atoms with E-state index in [4.69, 9.17) is 0 Å². The maximum atomic E-state index is 4.36. The van der Waals surface area contributed by atoms with Crippen molar-refractivity contribution in [2.45, 2.75) is 52.6 Å². The number of hydrogen-bond acceptors (Lipinski definition) is 2. The predicted molar refractivity (Wildman–Crippen MR) is 88.6 cm³/mol. The van der Waals surface area contributed by atoms with Gasteiger partial charge in [-0.05, 0) is 50.8 Å². The summed E-state index contributed by atoms with van der Waals surface area (Å²) < 4.78 is 2.00. The fourth-order valence-corrected chi connectivity index (χ4v) is 2.63. The summed E-state index contributed by atoms with van der Waals surface area (Å²) in [5, 5.41) is 7.97. The summed E-state index contributed by atoms with van der Waals surface area (Å²) in [4.78, 5) is 0. The highest BCUT2D eigenvalue weighted by molar-refractivity contribution is 5.21. The summed E-state index contributed by atoms with van der Waals surface area (Å²) in [6.45, 7) is 8.39. The predicted octanol–water partition coefficient (Wildman–Crippen LogP) is 3.36. The topological polar surface area (TPSA) is 29.9 Å². The van der Waals surface area contributed by atoms with E-state index in [0.717, 1.165) is 32.4 Å². The van der Waals surface area contributed by atoms with Crippen LogP contribution in [0.25, 0.3) is 0 Å². The van der Waals surface area contributed by atoms with Crippen LogP contribution in [0, 0.1) is 6.92 Å². The van der Waals surface area contributed by atoms with Gasteiger partial charge < -0.3 is 5.32 Å². The Kier molecular flexibility index (Phi) is 6.00. The van der Waals surface area contributed by atoms with Gasteiger partial charge in [0.15, 0.2) is 0 Å². The van der Waals surface area contributed by atoms with Crippen LogP contribution in [0.3, 0.4) is 0 Å². The fourth-order valence-electron chi connectivity index (χ4n) is 2.63. The first-order valence-electron chi connectivity index (χ1n) is 8.01. The van der Waals surface area contributed by atoms with Crippen LogP contribution >= 0.6 is 0 Å². The van der Waals surface area contributed by atoms with Crippen LogP contribution in [-0.4, -0.2) is 22.4 Å². The van der Waals surface area contributed by atoms with Gasteiger partial charge in [0.1, 0.15) is 0 Å². The van der Waals surface area contributed by atoms with Crippen LogP contribution in [0.15, 0.2) is 36.7 Å². The van der Waals surface area contributed by atoms with Crippen LogP contribution in [0.2, 0.25) is 0 Å². The Morgan fingerprint density at radius 1 is 1.14 bits per heavy atom. The van der Waals surface area contributed by atoms with Gasteiger partial charge >= 0.3 is 0 Å². The number of nitrogens with one attached hydrogen (secondary N) is 1. The number of rotatable bonds is 8. The number of hydrogen-bond donors (Lipinski definition) is 1. The second-order valence-electron chi connectivity index (χ2n) is 5.69. The fraction of sp³-hybridized carbons (Fsp3) is 0.500. The van der Waals surface area contributed by atoms with Crippen LogP contribution in [-0.2, 0) is 19.4 Å². The molecule has 0 aliphatic carbocycles. The molecule has 1 aromatic carbocycles. The van der Waals surface area contributed by atoms with E-state index in [1.807, 2.05) is 10.9 Å². The lowest BCUT2D eigenvalue weighted by molar-refractivity contribution is 0.491. The van der Waals surface area contributed by atoms with Crippen molar-refractivity contribution in [2.75, 3.05) is 6.54 Å². The van der Waals surface area contributed by atoms with E-state index >= 15 is 0 Å². The average molecular weight is 285 g/mol. The number of aryl methyl sites for hydroxylation is 3. The van der Waals surface area contributed by atoms with Crippen LogP contribution in [0.1, 0.15) is 37.0 Å². The highest BCUT2D eigenvalue weighted by atomic mass is 15.3. The summed E-state index contributed by atoms with van der Waals surface area (Å²) in [5.74, 6) is 0. The third-order valence-corrected chi connectivity index (χ3v) is 3.89. The average Bonchev–Trinajstić information content (AvgIpc) is 2.94. The van der Waals surface area contributed by atoms with Gasteiger partial charge in [-0.25, -0.2) is 0 Å². The van der Waals surface area contributed by atoms with Gasteiger partial charge in [0.05, 0.1) is 6.20 Å². The molecule has 0 bridgehead atoms. The van der Waals surface area contributed by atoms with Gasteiger partial charge in [0.2, 0.25) is 0 Å². The molecule has 1 N–H and O–H groups in total. The molecule has 0 radical (unpaired) electrons. The lowest BCUT2D eigenvalue weighted by Gasteiger charge is -2.17. The quantitative estimate of drug-likeness (QED) is 0.806. The van der Waals surface area contributed by atoms with Crippen molar-refractivity contribution in [3.63, 3.8) is 0 Å². The maximum absolute atomic E-state index is 4.36. The van der Waals surface area contributed by atoms with E-state index in [9.17, 15) is 0 Å². The minimum Gasteiger partial charge on any atom is -0.314 e. The first-order valence-corrected chi connectivity index (χ1v) is 8.01. The monoisotopic (exact) mass is 285 g/mol. The number of likely N-dealkylation sites (N-methyl/N-ethyl adjacent to an activating group) is 1. The molecule has 0 fully saturated rings. The number of benzene rings is 1. The van der Waals surface area contributed by atoms with Gasteiger partial charge in [0.25, 0.3) is 0 Å². The molecular formula is C18H27N3. The van der Waals surface area contributed by atoms with E-state index in [2.05, 4.69) is 61.6 Å². The molecule has 0 saturated carbocycles. The van der Waals surface area contributed by atoms with Gasteiger partial charge in [-0.2, -0.15) is 5.10 Å². The molecular weight excluding hydrogens is 258 g/mol. The molecule has 1 heterocycles. The van der Waals surface area contributed by atoms with Crippen molar-refractivity contribution in [3.05, 3.63) is 53.3 Å². The second kappa shape index (κ2) is 7.99. The zero-order valence-electron chi connectivity index (χ0n) is 13.5. The summed E-state index contributed by atoms with van der Waals surface area (Å²) in [6.07, 6.45) is 7.50. The Morgan fingerprint density at radius 3 is 2.52 bits per heavy atom. The molecule has 21 heavy (non-hydrogen) atoms. The number of aromatic nitrogens is 2. The van der Waals surface area contributed by atoms with E-state index in [1.165, 1.54) is 16.7 Å². The first-order chi connectivity index (χ1) is 10.2. The molecule has 2 aromatic rings. The molecule has 2 rings (SSSR count). The van der Waals surface area contributed by atoms with Crippen LogP contribution < -0.4 is 5.32 Å². The van der Waals surface area contributed by atoms with Crippen molar-refractivity contribution in [2.24, 2.45) is 0 Å². The highest BCUT2D eigenvalue weighted by Gasteiger charge is 2.10. The summed E-state index contributed by atoms with van der Waals surface area (Å²) >= 11 is 0. The third kappa shape index (κ3) is 5.01. The Morgan fingerprint density at radius 2 is 1.90 bits per heavy atom. The van der Waals surface area contributed by atoms with E-state index < -0.39 is 0 Å². The van der Waals surface area contributed by atoms with Crippen LogP contribution in [0.5, 0.6) is 0 Å². The Hall–Kier alpha value is -1.61. The van der Waals surface area contributed by atoms with E-state index in [-0.39, 0.29) is 0 Å². The molecule has 0 amide bonds. The first kappa shape index (κ1) is 15.8. The summed E-state index contributed by atoms with van der Waals surface area (Å²) in [5.41, 5.74) is 4.08. The summed E-state index contributed by atoms with van der Waals surface area (Å²) in [6, 6.07) is 9.40. The third-order valence-electron chi connectivity index (χ3n) is 3.89. The second-order valence-corrected chi connectivity index (χ2v) is 5.69. The molecule has 1 aromatic heterocycles. The summed E-state index contributed by atoms with van der Waals surface area (Å²) in [7, 11) is 0. The molecule has 3 heteroatoms. The minimum absolute atomic E-state index is 0.519. The van der Waals surface area contributed by atoms with Crippen molar-refractivity contribution in [3.8, 4) is 0 Å². The van der Waals surface area contributed by atoms with Crippen molar-refractivity contribution in [1.82, 2.24) is 15.1 Å². The smallest absolute Gasteiger partial charge is 0.0522 e. The largest absolute Gasteiger partial charge is 0.314 e. The standard InChI is InChI=1S/C18H27N3/c1-4-19-18(12-17-13-20-21(5-2)14-17)11-10-16-8-6-15(3)7-9-16/h6-9,13-14,18-19H,4-5,10-12H2,1-3H3. The molecule has 114 valence electrons. The van der Waals surface area contributed by atoms with E-state index in [1.54, 1.807) is 0 Å². The molecule has 1 atom stereocenters.